The number of nitrogens with two attached hydrogens (primary N) is 2. The molecule has 6 heteroatoms. The maximum atomic E-state index is 11.0. The molecule has 0 aliphatic carbocycles. The summed E-state index contributed by atoms with van der Waals surface area (Å²) in [5.41, 5.74) is 9.25. The summed E-state index contributed by atoms with van der Waals surface area (Å²) in [4.78, 5) is 21.6. The largest absolute Gasteiger partial charge is 0.478 e. The van der Waals surface area contributed by atoms with Crippen LogP contribution in [0.2, 0.25) is 0 Å². The van der Waals surface area contributed by atoms with E-state index in [0.717, 1.165) is 0 Å². The van der Waals surface area contributed by atoms with Crippen LogP contribution in [0.25, 0.3) is 0 Å². The third-order valence-corrected chi connectivity index (χ3v) is 2.05. The first-order valence-electron chi connectivity index (χ1n) is 4.58. The fourth-order valence-electron chi connectivity index (χ4n) is 1.31. The lowest BCUT2D eigenvalue weighted by Gasteiger charge is -2.24. The van der Waals surface area contributed by atoms with E-state index in [2.05, 4.69) is 0 Å². The number of benzene rings is 1. The summed E-state index contributed by atoms with van der Waals surface area (Å²) in [6, 6.07) is 7.76. The normalized spacial score (nSPS) is 13.8. The van der Waals surface area contributed by atoms with Gasteiger partial charge in [0.1, 0.15) is 0 Å². The van der Waals surface area contributed by atoms with Crippen LogP contribution in [-0.2, 0) is 11.2 Å². The number of nitrogens with one attached hydrogen (secondary N) is 1. The van der Waals surface area contributed by atoms with E-state index < -0.39 is 17.7 Å². The second-order valence-electron chi connectivity index (χ2n) is 3.43. The van der Waals surface area contributed by atoms with Gasteiger partial charge in [-0.1, -0.05) is 30.3 Å². The van der Waals surface area contributed by atoms with Crippen molar-refractivity contribution in [1.82, 2.24) is 5.32 Å². The Kier molecular flexibility index (Phi) is 3.47. The first kappa shape index (κ1) is 12.0. The van der Waals surface area contributed by atoms with Gasteiger partial charge < -0.3 is 16.2 Å². The van der Waals surface area contributed by atoms with Gasteiger partial charge in [-0.25, -0.2) is 9.59 Å². The highest BCUT2D eigenvalue weighted by Crippen LogP contribution is 2.08. The van der Waals surface area contributed by atoms with Crippen LogP contribution in [0.5, 0.6) is 0 Å². The molecule has 1 unspecified atom stereocenters. The predicted octanol–water partition coefficient (Wildman–Crippen LogP) is -0.363. The van der Waals surface area contributed by atoms with Gasteiger partial charge in [-0.3, -0.25) is 5.73 Å². The molecule has 1 aromatic carbocycles. The molecule has 0 bridgehead atoms. The molecule has 0 saturated heterocycles. The minimum Gasteiger partial charge on any atom is -0.478 e. The summed E-state index contributed by atoms with van der Waals surface area (Å²) in [5.74, 6) is -1.34. The van der Waals surface area contributed by atoms with Crippen molar-refractivity contribution in [2.75, 3.05) is 0 Å². The second kappa shape index (κ2) is 4.63. The van der Waals surface area contributed by atoms with Gasteiger partial charge in [-0.05, 0) is 5.56 Å². The Bertz CT molecular complexity index is 394. The number of carbonyl (C=O) groups is 2. The maximum absolute atomic E-state index is 11.0. The minimum absolute atomic E-state index is 0.0356. The van der Waals surface area contributed by atoms with Crippen molar-refractivity contribution in [2.45, 2.75) is 12.1 Å². The Balaban J connectivity index is 2.87. The molecular weight excluding hydrogens is 210 g/mol. The number of carboxylic acid groups (broad SMARTS) is 1. The van der Waals surface area contributed by atoms with E-state index in [-0.39, 0.29) is 6.42 Å². The molecule has 1 atom stereocenters. The highest BCUT2D eigenvalue weighted by Gasteiger charge is 2.35. The van der Waals surface area contributed by atoms with Crippen LogP contribution in [0.4, 0.5) is 4.79 Å². The average Bonchev–Trinajstić information content (AvgIpc) is 2.17. The van der Waals surface area contributed by atoms with Crippen molar-refractivity contribution in [2.24, 2.45) is 11.5 Å². The van der Waals surface area contributed by atoms with E-state index in [0.29, 0.717) is 5.56 Å². The van der Waals surface area contributed by atoms with Crippen LogP contribution < -0.4 is 16.8 Å². The summed E-state index contributed by atoms with van der Waals surface area (Å²) in [6.07, 6.45) is -0.0356. The highest BCUT2D eigenvalue weighted by molar-refractivity contribution is 5.85. The standard InChI is InChI=1S/C10H13N3O3/c11-9(16)13-10(12,8(14)15)6-7-4-2-1-3-5-7/h1-5H,6,12H2,(H,14,15)(H3,11,13,16). The number of hydrogen-bond donors (Lipinski definition) is 4. The first-order chi connectivity index (χ1) is 7.44. The lowest BCUT2D eigenvalue weighted by molar-refractivity contribution is -0.144. The average molecular weight is 223 g/mol. The predicted molar refractivity (Wildman–Crippen MR) is 57.4 cm³/mol. The van der Waals surface area contributed by atoms with Crippen molar-refractivity contribution >= 4 is 12.0 Å². The van der Waals surface area contributed by atoms with E-state index in [1.54, 1.807) is 30.3 Å². The van der Waals surface area contributed by atoms with Crippen LogP contribution in [0, 0.1) is 0 Å². The number of aliphatic carboxylic acids is 1. The zero-order valence-corrected chi connectivity index (χ0v) is 8.51. The summed E-state index contributed by atoms with van der Waals surface area (Å²) in [6.45, 7) is 0. The first-order valence-corrected chi connectivity index (χ1v) is 4.58. The summed E-state index contributed by atoms with van der Waals surface area (Å²) >= 11 is 0. The zero-order valence-electron chi connectivity index (χ0n) is 8.51. The van der Waals surface area contributed by atoms with Crippen molar-refractivity contribution in [3.63, 3.8) is 0 Å². The van der Waals surface area contributed by atoms with Crippen molar-refractivity contribution < 1.29 is 14.7 Å². The lowest BCUT2D eigenvalue weighted by Crippen LogP contribution is -2.64. The summed E-state index contributed by atoms with van der Waals surface area (Å²) < 4.78 is 0. The smallest absolute Gasteiger partial charge is 0.344 e. The molecule has 1 rings (SSSR count). The number of amides is 2. The molecule has 0 aliphatic heterocycles. The Morgan fingerprint density at radius 1 is 1.31 bits per heavy atom. The van der Waals surface area contributed by atoms with Crippen molar-refractivity contribution in [3.05, 3.63) is 35.9 Å². The van der Waals surface area contributed by atoms with Gasteiger partial charge in [-0.15, -0.1) is 0 Å². The number of primary amides is 1. The second-order valence-corrected chi connectivity index (χ2v) is 3.43. The Morgan fingerprint density at radius 2 is 1.88 bits per heavy atom. The van der Waals surface area contributed by atoms with Gasteiger partial charge >= 0.3 is 12.0 Å². The topological polar surface area (TPSA) is 118 Å². The molecule has 0 aromatic heterocycles. The van der Waals surface area contributed by atoms with Crippen LogP contribution in [0.15, 0.2) is 30.3 Å². The van der Waals surface area contributed by atoms with Gasteiger partial charge in [-0.2, -0.15) is 0 Å². The number of rotatable bonds is 4. The van der Waals surface area contributed by atoms with Crippen LogP contribution in [-0.4, -0.2) is 22.8 Å². The van der Waals surface area contributed by atoms with E-state index in [1.807, 2.05) is 5.32 Å². The Hall–Kier alpha value is -2.08. The van der Waals surface area contributed by atoms with Gasteiger partial charge in [0.25, 0.3) is 0 Å². The van der Waals surface area contributed by atoms with Crippen molar-refractivity contribution in [3.8, 4) is 0 Å². The van der Waals surface area contributed by atoms with Crippen LogP contribution in [0.3, 0.4) is 0 Å². The number of urea groups is 1. The molecule has 16 heavy (non-hydrogen) atoms. The molecule has 6 N–H and O–H groups in total. The van der Waals surface area contributed by atoms with E-state index in [4.69, 9.17) is 16.6 Å². The molecule has 86 valence electrons. The molecule has 0 heterocycles. The minimum atomic E-state index is -1.88. The van der Waals surface area contributed by atoms with E-state index in [9.17, 15) is 9.59 Å². The lowest BCUT2D eigenvalue weighted by atomic mass is 10.0. The third-order valence-electron chi connectivity index (χ3n) is 2.05. The SMILES string of the molecule is NC(=O)NC(N)(Cc1ccccc1)C(=O)O. The molecule has 0 fully saturated rings. The van der Waals surface area contributed by atoms with Crippen molar-refractivity contribution in [1.29, 1.82) is 0 Å². The van der Waals surface area contributed by atoms with E-state index in [1.165, 1.54) is 0 Å². The fourth-order valence-corrected chi connectivity index (χ4v) is 1.31. The quantitative estimate of drug-likeness (QED) is 0.521. The molecule has 0 saturated carbocycles. The van der Waals surface area contributed by atoms with Gasteiger partial charge in [0.15, 0.2) is 5.66 Å². The van der Waals surface area contributed by atoms with Gasteiger partial charge in [0.05, 0.1) is 0 Å². The monoisotopic (exact) mass is 223 g/mol. The van der Waals surface area contributed by atoms with Gasteiger partial charge in [0.2, 0.25) is 0 Å². The molecule has 2 amide bonds. The summed E-state index contributed by atoms with van der Waals surface area (Å²) in [5, 5.41) is 11.0. The molecule has 1 aromatic rings. The Morgan fingerprint density at radius 3 is 2.31 bits per heavy atom. The van der Waals surface area contributed by atoms with Gasteiger partial charge in [0, 0.05) is 6.42 Å². The molecule has 0 spiro atoms. The number of carboxylic acids is 1. The van der Waals surface area contributed by atoms with Crippen LogP contribution in [0.1, 0.15) is 5.56 Å². The van der Waals surface area contributed by atoms with E-state index >= 15 is 0 Å². The molecule has 0 radical (unpaired) electrons. The molecule has 6 nitrogen and oxygen atoms in total. The number of carbonyl (C=O) groups excluding carboxylic acids is 1. The van der Waals surface area contributed by atoms with Crippen LogP contribution >= 0.6 is 0 Å². The number of hydrogen-bond acceptors (Lipinski definition) is 3. The maximum Gasteiger partial charge on any atom is 0.344 e. The summed E-state index contributed by atoms with van der Waals surface area (Å²) in [7, 11) is 0. The molecule has 0 aliphatic rings. The molecular formula is C10H13N3O3. The fraction of sp³-hybridized carbons (Fsp3) is 0.200. The third kappa shape index (κ3) is 2.96. The highest BCUT2D eigenvalue weighted by atomic mass is 16.4. The zero-order chi connectivity index (χ0) is 12.2. The Labute approximate surface area is 92.2 Å².